The van der Waals surface area contributed by atoms with E-state index >= 15 is 0 Å². The summed E-state index contributed by atoms with van der Waals surface area (Å²) < 4.78 is 5.27. The summed E-state index contributed by atoms with van der Waals surface area (Å²) in [6, 6.07) is 4.17. The van der Waals surface area contributed by atoms with E-state index in [9.17, 15) is 4.79 Å². The molecule has 0 aromatic carbocycles. The number of thiophene rings is 1. The first-order valence-corrected chi connectivity index (χ1v) is 9.74. The highest BCUT2D eigenvalue weighted by Gasteiger charge is 2.17. The van der Waals surface area contributed by atoms with Crippen molar-refractivity contribution in [1.82, 2.24) is 10.6 Å². The van der Waals surface area contributed by atoms with Crippen LogP contribution in [-0.2, 0) is 11.2 Å². The topological polar surface area (TPSA) is 88.7 Å². The first kappa shape index (κ1) is 25.0. The fourth-order valence-electron chi connectivity index (χ4n) is 2.19. The molecule has 1 rings (SSSR count). The number of nitrogens with zero attached hydrogens (tertiary/aromatic N) is 1. The van der Waals surface area contributed by atoms with Gasteiger partial charge in [0.25, 0.3) is 0 Å². The van der Waals surface area contributed by atoms with E-state index < -0.39 is 11.7 Å². The fraction of sp³-hybridized carbons (Fsp3) is 0.667. The van der Waals surface area contributed by atoms with Gasteiger partial charge in [-0.25, -0.2) is 4.79 Å². The molecule has 0 spiro atoms. The van der Waals surface area contributed by atoms with Crippen molar-refractivity contribution in [3.63, 3.8) is 0 Å². The van der Waals surface area contributed by atoms with E-state index in [-0.39, 0.29) is 30.0 Å². The number of nitrogens with two attached hydrogens (primary N) is 1. The van der Waals surface area contributed by atoms with Crippen LogP contribution in [-0.4, -0.2) is 36.8 Å². The van der Waals surface area contributed by atoms with Crippen molar-refractivity contribution in [2.45, 2.75) is 65.0 Å². The number of nitrogens with one attached hydrogen (secondary N) is 2. The molecular formula is C18H33IN4O2S. The predicted molar refractivity (Wildman–Crippen MR) is 121 cm³/mol. The molecule has 0 aliphatic rings. The SMILES string of the molecule is CCCCC(CNC(=O)OC(C)(C)C)NC(N)=NCCc1cccs1.I. The van der Waals surface area contributed by atoms with Gasteiger partial charge in [0.05, 0.1) is 0 Å². The molecule has 0 saturated carbocycles. The molecule has 1 aromatic heterocycles. The molecule has 150 valence electrons. The van der Waals surface area contributed by atoms with Gasteiger partial charge in [-0.05, 0) is 38.6 Å². The Hall–Kier alpha value is -1.03. The van der Waals surface area contributed by atoms with E-state index in [1.165, 1.54) is 4.88 Å². The zero-order valence-electron chi connectivity index (χ0n) is 16.2. The Morgan fingerprint density at radius 3 is 2.73 bits per heavy atom. The van der Waals surface area contributed by atoms with Crippen molar-refractivity contribution >= 4 is 47.4 Å². The molecule has 1 aromatic rings. The van der Waals surface area contributed by atoms with E-state index in [2.05, 4.69) is 34.0 Å². The number of halogens is 1. The number of unbranched alkanes of at least 4 members (excludes halogenated alkanes) is 1. The third kappa shape index (κ3) is 12.3. The summed E-state index contributed by atoms with van der Waals surface area (Å²) in [5, 5.41) is 8.07. The summed E-state index contributed by atoms with van der Waals surface area (Å²) in [4.78, 5) is 17.5. The van der Waals surface area contributed by atoms with Crippen molar-refractivity contribution in [2.75, 3.05) is 13.1 Å². The van der Waals surface area contributed by atoms with Crippen LogP contribution >= 0.6 is 35.3 Å². The molecule has 0 fully saturated rings. The van der Waals surface area contributed by atoms with Crippen LogP contribution in [0.15, 0.2) is 22.5 Å². The lowest BCUT2D eigenvalue weighted by Crippen LogP contribution is -2.47. The third-order valence-corrected chi connectivity index (χ3v) is 4.31. The van der Waals surface area contributed by atoms with Gasteiger partial charge in [0.1, 0.15) is 5.60 Å². The number of amides is 1. The van der Waals surface area contributed by atoms with Gasteiger partial charge in [0.15, 0.2) is 5.96 Å². The highest BCUT2D eigenvalue weighted by Crippen LogP contribution is 2.09. The van der Waals surface area contributed by atoms with Crippen molar-refractivity contribution in [3.8, 4) is 0 Å². The van der Waals surface area contributed by atoms with Gasteiger partial charge in [0.2, 0.25) is 0 Å². The Labute approximate surface area is 178 Å². The van der Waals surface area contributed by atoms with E-state index in [0.29, 0.717) is 19.0 Å². The molecule has 6 nitrogen and oxygen atoms in total. The van der Waals surface area contributed by atoms with Crippen LogP contribution in [0.1, 0.15) is 51.8 Å². The number of hydrogen-bond acceptors (Lipinski definition) is 4. The molecule has 1 atom stereocenters. The lowest BCUT2D eigenvalue weighted by atomic mass is 10.1. The Morgan fingerprint density at radius 2 is 2.15 bits per heavy atom. The minimum absolute atomic E-state index is 0. The van der Waals surface area contributed by atoms with Gasteiger partial charge in [-0.2, -0.15) is 0 Å². The number of carbonyl (C=O) groups excluding carboxylic acids is 1. The molecule has 26 heavy (non-hydrogen) atoms. The fourth-order valence-corrected chi connectivity index (χ4v) is 2.89. The van der Waals surface area contributed by atoms with Crippen LogP contribution in [0.5, 0.6) is 0 Å². The van der Waals surface area contributed by atoms with Crippen LogP contribution in [0.25, 0.3) is 0 Å². The maximum absolute atomic E-state index is 11.8. The monoisotopic (exact) mass is 496 g/mol. The summed E-state index contributed by atoms with van der Waals surface area (Å²) in [7, 11) is 0. The third-order valence-electron chi connectivity index (χ3n) is 3.37. The van der Waals surface area contributed by atoms with Crippen LogP contribution in [0.2, 0.25) is 0 Å². The van der Waals surface area contributed by atoms with Crippen molar-refractivity contribution in [2.24, 2.45) is 10.7 Å². The molecule has 0 aliphatic carbocycles. The predicted octanol–water partition coefficient (Wildman–Crippen LogP) is 3.90. The van der Waals surface area contributed by atoms with Crippen molar-refractivity contribution < 1.29 is 9.53 Å². The molecule has 1 heterocycles. The number of alkyl carbamates (subject to hydrolysis) is 1. The summed E-state index contributed by atoms with van der Waals surface area (Å²) >= 11 is 1.72. The number of hydrogen-bond donors (Lipinski definition) is 3. The molecule has 0 aliphatic heterocycles. The van der Waals surface area contributed by atoms with E-state index in [1.54, 1.807) is 11.3 Å². The lowest BCUT2D eigenvalue weighted by Gasteiger charge is -2.23. The van der Waals surface area contributed by atoms with Gasteiger partial charge in [-0.15, -0.1) is 35.3 Å². The van der Waals surface area contributed by atoms with Crippen molar-refractivity contribution in [1.29, 1.82) is 0 Å². The first-order chi connectivity index (χ1) is 11.8. The summed E-state index contributed by atoms with van der Waals surface area (Å²) in [6.07, 6.45) is 3.52. The Balaban J connectivity index is 0.00000625. The van der Waals surface area contributed by atoms with Gasteiger partial charge in [0, 0.05) is 30.4 Å². The number of carbonyl (C=O) groups is 1. The quantitative estimate of drug-likeness (QED) is 0.275. The molecule has 0 radical (unpaired) electrons. The van der Waals surface area contributed by atoms with Gasteiger partial charge in [-0.1, -0.05) is 25.8 Å². The molecule has 1 amide bonds. The molecule has 1 unspecified atom stereocenters. The number of rotatable bonds is 9. The van der Waals surface area contributed by atoms with E-state index in [1.807, 2.05) is 26.8 Å². The van der Waals surface area contributed by atoms with Gasteiger partial charge in [-0.3, -0.25) is 4.99 Å². The number of ether oxygens (including phenoxy) is 1. The minimum Gasteiger partial charge on any atom is -0.444 e. The zero-order valence-corrected chi connectivity index (χ0v) is 19.4. The van der Waals surface area contributed by atoms with Gasteiger partial charge >= 0.3 is 6.09 Å². The molecule has 0 bridgehead atoms. The van der Waals surface area contributed by atoms with Crippen LogP contribution in [0.4, 0.5) is 4.79 Å². The Morgan fingerprint density at radius 1 is 1.42 bits per heavy atom. The number of guanidine groups is 1. The average molecular weight is 496 g/mol. The van der Waals surface area contributed by atoms with Crippen LogP contribution in [0, 0.1) is 0 Å². The summed E-state index contributed by atoms with van der Waals surface area (Å²) in [6.45, 7) is 8.78. The largest absolute Gasteiger partial charge is 0.444 e. The molecule has 8 heteroatoms. The van der Waals surface area contributed by atoms with Crippen LogP contribution < -0.4 is 16.4 Å². The van der Waals surface area contributed by atoms with Crippen molar-refractivity contribution in [3.05, 3.63) is 22.4 Å². The molecule has 0 saturated heterocycles. The normalized spacial score (nSPS) is 12.8. The Bertz CT molecular complexity index is 530. The maximum Gasteiger partial charge on any atom is 0.407 e. The first-order valence-electron chi connectivity index (χ1n) is 8.86. The molecule has 4 N–H and O–H groups in total. The Kier molecular flexibility index (Phi) is 12.7. The van der Waals surface area contributed by atoms with E-state index in [0.717, 1.165) is 25.7 Å². The summed E-state index contributed by atoms with van der Waals surface area (Å²) in [5.74, 6) is 0.420. The average Bonchev–Trinajstić information content (AvgIpc) is 3.01. The highest BCUT2D eigenvalue weighted by molar-refractivity contribution is 14.0. The summed E-state index contributed by atoms with van der Waals surface area (Å²) in [5.41, 5.74) is 5.49. The smallest absolute Gasteiger partial charge is 0.407 e. The van der Waals surface area contributed by atoms with Crippen LogP contribution in [0.3, 0.4) is 0 Å². The van der Waals surface area contributed by atoms with E-state index in [4.69, 9.17) is 10.5 Å². The van der Waals surface area contributed by atoms with Gasteiger partial charge < -0.3 is 21.1 Å². The second-order valence-corrected chi connectivity index (χ2v) is 7.99. The zero-order chi connectivity index (χ0) is 18.7. The maximum atomic E-state index is 11.8. The second-order valence-electron chi connectivity index (χ2n) is 6.96. The molecular weight excluding hydrogens is 463 g/mol. The lowest BCUT2D eigenvalue weighted by molar-refractivity contribution is 0.0523. The second kappa shape index (κ2) is 13.2. The number of aliphatic imine (C=N–C) groups is 1. The minimum atomic E-state index is -0.501. The highest BCUT2D eigenvalue weighted by atomic mass is 127. The standard InChI is InChI=1S/C18H32N4O2S.HI/c1-5-6-8-14(13-21-17(23)24-18(2,3)4)22-16(19)20-11-10-15-9-7-12-25-15;/h7,9,12,14H,5-6,8,10-11,13H2,1-4H3,(H,21,23)(H3,19,20,22);1H.